The molecule has 9 heavy (non-hydrogen) atoms. The van der Waals surface area contributed by atoms with Gasteiger partial charge in [-0.15, -0.1) is 0 Å². The minimum atomic E-state index is -0.516. The summed E-state index contributed by atoms with van der Waals surface area (Å²) >= 11 is 0. The van der Waals surface area contributed by atoms with Gasteiger partial charge in [-0.05, 0) is 11.0 Å². The average Bonchev–Trinajstić information content (AvgIpc) is 2.14. The molecular weight excluding hydrogens is 120 g/mol. The number of aromatic nitrogens is 1. The molecule has 4 nitrogen and oxygen atoms in total. The molecule has 0 bridgehead atoms. The summed E-state index contributed by atoms with van der Waals surface area (Å²) < 4.78 is 8.30. The molecule has 0 amide bonds. The highest BCUT2D eigenvalue weighted by Gasteiger charge is 2.04. The molecule has 1 aromatic rings. The molecule has 0 fully saturated rings. The first-order valence-corrected chi connectivity index (χ1v) is 2.39. The molecular formula is C5H6N2O2. The third-order valence-corrected chi connectivity index (χ3v) is 1.03. The maximum absolute atomic E-state index is 10.1. The second kappa shape index (κ2) is 1.89. The Kier molecular flexibility index (Phi) is 0.955. The van der Waals surface area contributed by atoms with E-state index in [1.54, 1.807) is 0 Å². The summed E-state index contributed by atoms with van der Waals surface area (Å²) in [5.41, 5.74) is 0. The molecule has 1 rings (SSSR count). The molecule has 0 aliphatic carbocycles. The topological polar surface area (TPSA) is 48.1 Å². The molecule has 0 N–H and O–H groups in total. The number of rotatable bonds is 1. The van der Waals surface area contributed by atoms with E-state index in [1.807, 2.05) is 0 Å². The van der Waals surface area contributed by atoms with E-state index in [0.29, 0.717) is 0 Å². The van der Waals surface area contributed by atoms with Crippen molar-refractivity contribution in [3.05, 3.63) is 28.4 Å². The molecule has 0 aliphatic heterocycles. The van der Waals surface area contributed by atoms with Gasteiger partial charge in [0.15, 0.2) is 0 Å². The van der Waals surface area contributed by atoms with Crippen LogP contribution in [0.5, 0.6) is 0 Å². The zero-order valence-electron chi connectivity index (χ0n) is 5.87. The molecule has 0 saturated heterocycles. The standard InChI is InChI=1S/C5H6N2O2/c1-6-4-2-3-5(6)7(8)9/h2-4H,1H3/i4D. The average molecular weight is 127 g/mol. The fraction of sp³-hybridized carbons (Fsp3) is 0.200. The predicted molar refractivity (Wildman–Crippen MR) is 32.1 cm³/mol. The fourth-order valence-corrected chi connectivity index (χ4v) is 0.585. The first kappa shape index (κ1) is 4.55. The predicted octanol–water partition coefficient (Wildman–Crippen LogP) is 0.933. The Balaban J connectivity index is 3.17. The lowest BCUT2D eigenvalue weighted by atomic mass is 10.6. The lowest BCUT2D eigenvalue weighted by Gasteiger charge is -1.91. The van der Waals surface area contributed by atoms with Crippen molar-refractivity contribution in [2.24, 2.45) is 7.05 Å². The van der Waals surface area contributed by atoms with Gasteiger partial charge in [-0.3, -0.25) is 0 Å². The Labute approximate surface area is 53.3 Å². The van der Waals surface area contributed by atoms with Crippen LogP contribution in [0.1, 0.15) is 1.37 Å². The van der Waals surface area contributed by atoms with E-state index in [-0.39, 0.29) is 12.0 Å². The van der Waals surface area contributed by atoms with E-state index < -0.39 is 4.92 Å². The van der Waals surface area contributed by atoms with Crippen LogP contribution in [0.4, 0.5) is 5.82 Å². The highest BCUT2D eigenvalue weighted by atomic mass is 16.6. The Morgan fingerprint density at radius 1 is 2.00 bits per heavy atom. The molecule has 48 valence electrons. The van der Waals surface area contributed by atoms with Crippen molar-refractivity contribution in [3.63, 3.8) is 0 Å². The second-order valence-corrected chi connectivity index (χ2v) is 1.64. The summed E-state index contributed by atoms with van der Waals surface area (Å²) in [6.45, 7) is 0. The summed E-state index contributed by atoms with van der Waals surface area (Å²) in [6.07, 6.45) is 0.145. The summed E-state index contributed by atoms with van der Waals surface area (Å²) in [4.78, 5) is 9.62. The van der Waals surface area contributed by atoms with Gasteiger partial charge in [0.1, 0.15) is 1.37 Å². The van der Waals surface area contributed by atoms with Gasteiger partial charge in [0.25, 0.3) is 0 Å². The van der Waals surface area contributed by atoms with Gasteiger partial charge in [-0.25, -0.2) is 4.57 Å². The Morgan fingerprint density at radius 2 is 2.67 bits per heavy atom. The van der Waals surface area contributed by atoms with Crippen LogP contribution in [0, 0.1) is 10.1 Å². The molecule has 4 heteroatoms. The minimum absolute atomic E-state index is 0.0509. The zero-order chi connectivity index (χ0) is 7.72. The van der Waals surface area contributed by atoms with Crippen LogP contribution < -0.4 is 0 Å². The van der Waals surface area contributed by atoms with Crippen molar-refractivity contribution >= 4 is 5.82 Å². The molecule has 1 heterocycles. The third-order valence-electron chi connectivity index (χ3n) is 1.03. The normalized spacial score (nSPS) is 11.0. The fourth-order valence-electron chi connectivity index (χ4n) is 0.585. The summed E-state index contributed by atoms with van der Waals surface area (Å²) in [7, 11) is 1.49. The number of nitro groups is 1. The summed E-state index contributed by atoms with van der Waals surface area (Å²) in [6, 6.07) is 2.69. The van der Waals surface area contributed by atoms with Gasteiger partial charge in [0, 0.05) is 6.07 Å². The molecule has 1 aromatic heterocycles. The minimum Gasteiger partial charge on any atom is -0.358 e. The van der Waals surface area contributed by atoms with Crippen LogP contribution in [-0.4, -0.2) is 9.49 Å². The molecule has 0 radical (unpaired) electrons. The van der Waals surface area contributed by atoms with Crippen molar-refractivity contribution < 1.29 is 6.29 Å². The first-order chi connectivity index (χ1) is 4.63. The highest BCUT2D eigenvalue weighted by Crippen LogP contribution is 2.07. The summed E-state index contributed by atoms with van der Waals surface area (Å²) in [5, 5.41) is 10.1. The quantitative estimate of drug-likeness (QED) is 0.416. The monoisotopic (exact) mass is 127 g/mol. The van der Waals surface area contributed by atoms with Crippen LogP contribution in [-0.2, 0) is 7.05 Å². The van der Waals surface area contributed by atoms with Gasteiger partial charge in [-0.1, -0.05) is 0 Å². The van der Waals surface area contributed by atoms with Crippen molar-refractivity contribution in [1.82, 2.24) is 4.57 Å². The highest BCUT2D eigenvalue weighted by molar-refractivity contribution is 5.20. The van der Waals surface area contributed by atoms with Crippen LogP contribution in [0.2, 0.25) is 0 Å². The van der Waals surface area contributed by atoms with Gasteiger partial charge >= 0.3 is 5.82 Å². The smallest absolute Gasteiger partial charge is 0.322 e. The Hall–Kier alpha value is -1.32. The molecule has 0 unspecified atom stereocenters. The molecule has 0 aromatic carbocycles. The molecule has 0 aliphatic rings. The molecule has 0 saturated carbocycles. The van der Waals surface area contributed by atoms with E-state index in [1.165, 1.54) is 23.7 Å². The number of nitrogens with zero attached hydrogens (tertiary/aromatic N) is 2. The van der Waals surface area contributed by atoms with Crippen molar-refractivity contribution in [3.8, 4) is 0 Å². The van der Waals surface area contributed by atoms with Crippen molar-refractivity contribution in [2.75, 3.05) is 0 Å². The van der Waals surface area contributed by atoms with Gasteiger partial charge in [0.05, 0.1) is 13.2 Å². The van der Waals surface area contributed by atoms with Crippen molar-refractivity contribution in [1.29, 1.82) is 0 Å². The third kappa shape index (κ3) is 0.910. The van der Waals surface area contributed by atoms with E-state index >= 15 is 0 Å². The lowest BCUT2D eigenvalue weighted by molar-refractivity contribution is -0.391. The van der Waals surface area contributed by atoms with Gasteiger partial charge in [-0.2, -0.15) is 0 Å². The first-order valence-electron chi connectivity index (χ1n) is 2.89. The largest absolute Gasteiger partial charge is 0.358 e. The van der Waals surface area contributed by atoms with E-state index in [9.17, 15) is 10.1 Å². The van der Waals surface area contributed by atoms with Crippen LogP contribution in [0.25, 0.3) is 0 Å². The number of hydrogen-bond donors (Lipinski definition) is 0. The second-order valence-electron chi connectivity index (χ2n) is 1.64. The van der Waals surface area contributed by atoms with Crippen LogP contribution in [0.3, 0.4) is 0 Å². The van der Waals surface area contributed by atoms with E-state index in [4.69, 9.17) is 1.37 Å². The van der Waals surface area contributed by atoms with Crippen molar-refractivity contribution in [2.45, 2.75) is 0 Å². The van der Waals surface area contributed by atoms with E-state index in [0.717, 1.165) is 0 Å². The molecule has 0 spiro atoms. The zero-order valence-corrected chi connectivity index (χ0v) is 4.87. The van der Waals surface area contributed by atoms with Crippen LogP contribution in [0.15, 0.2) is 18.3 Å². The maximum atomic E-state index is 10.1. The molecule has 0 atom stereocenters. The van der Waals surface area contributed by atoms with Crippen LogP contribution >= 0.6 is 0 Å². The van der Waals surface area contributed by atoms with Gasteiger partial charge in [0.2, 0.25) is 0 Å². The maximum Gasteiger partial charge on any atom is 0.322 e. The Bertz CT molecular complexity index is 269. The van der Waals surface area contributed by atoms with E-state index in [2.05, 4.69) is 0 Å². The van der Waals surface area contributed by atoms with Gasteiger partial charge < -0.3 is 10.1 Å². The SMILES string of the molecule is [2H]c1ccc([N+](=O)[O-])n1C. The summed E-state index contributed by atoms with van der Waals surface area (Å²) in [5.74, 6) is -0.0509. The lowest BCUT2D eigenvalue weighted by Crippen LogP contribution is -1.94. The Morgan fingerprint density at radius 3 is 2.89 bits per heavy atom. The number of hydrogen-bond acceptors (Lipinski definition) is 2.